The number of carbonyl (C=O) groups is 5. The van der Waals surface area contributed by atoms with Gasteiger partial charge in [0.1, 0.15) is 30.1 Å². The van der Waals surface area contributed by atoms with Gasteiger partial charge in [-0.05, 0) is 101 Å². The van der Waals surface area contributed by atoms with E-state index in [0.717, 1.165) is 44.9 Å². The number of methoxy groups -OCH3 is 3. The van der Waals surface area contributed by atoms with Crippen LogP contribution in [0.4, 0.5) is 0 Å². The Bertz CT molecular complexity index is 1570. The van der Waals surface area contributed by atoms with E-state index in [2.05, 4.69) is 6.92 Å². The Balaban J connectivity index is 1.65. The first-order valence-electron chi connectivity index (χ1n) is 24.5. The molecule has 3 N–H and O–H groups in total. The third kappa shape index (κ3) is 14.2. The number of Topliss-reactive ketones (excluding diaryl/α,β-unsaturated/α-hetero) is 3. The second kappa shape index (κ2) is 25.5. The smallest absolute Gasteiger partial charge is 0.329 e. The van der Waals surface area contributed by atoms with E-state index in [1.54, 1.807) is 41.1 Å². The fourth-order valence-electron chi connectivity index (χ4n) is 10.6. The van der Waals surface area contributed by atoms with Gasteiger partial charge in [-0.1, -0.05) is 72.8 Å². The molecule has 0 aromatic heterocycles. The first-order chi connectivity index (χ1) is 30.4. The van der Waals surface area contributed by atoms with Crippen LogP contribution in [-0.4, -0.2) is 132 Å². The maximum absolute atomic E-state index is 14.4. The van der Waals surface area contributed by atoms with Gasteiger partial charge in [-0.2, -0.15) is 0 Å². The number of hydrogen-bond acceptors (Lipinski definition) is 13. The topological polar surface area (TPSA) is 195 Å². The summed E-state index contributed by atoms with van der Waals surface area (Å²) >= 11 is 0. The highest BCUT2D eigenvalue weighted by Crippen LogP contribution is 2.38. The highest BCUT2D eigenvalue weighted by molar-refractivity contribution is 6.39. The van der Waals surface area contributed by atoms with Gasteiger partial charge in [-0.25, -0.2) is 4.79 Å². The molecular formula is C50H83NO13. The standard InChI is InChI=1S/C50H83NO13/c1-30-17-13-11-10-12-14-18-31(2)44(54)46(62-9)45(55)34(5)25-32(3)40(53)29-42(33(4)26-36-21-23-39(52)43(27-36)61-8)63-49(58)38-19-15-16-24-51(38)48(57)47(56)50(59)35(6)20-22-37(64-50)28-41(30)60-7/h25,30-33,35-39,41-43,45-46,52,55,59H,10-24,26-29H2,1-9H3/b34-25-/t30?,31-,32-,33-,35-,36-,37+,38+,39-,41+,42+,43-,45-,46+,50-/m1/s1. The lowest BCUT2D eigenvalue weighted by atomic mass is 9.78. The van der Waals surface area contributed by atoms with Crippen LogP contribution >= 0.6 is 0 Å². The van der Waals surface area contributed by atoms with Gasteiger partial charge >= 0.3 is 5.97 Å². The van der Waals surface area contributed by atoms with Crippen molar-refractivity contribution in [3.8, 4) is 0 Å². The van der Waals surface area contributed by atoms with Crippen LogP contribution in [-0.2, 0) is 47.7 Å². The number of aliphatic hydroxyl groups excluding tert-OH is 2. The molecule has 0 aromatic rings. The highest BCUT2D eigenvalue weighted by atomic mass is 16.6. The molecule has 0 radical (unpaired) electrons. The van der Waals surface area contributed by atoms with Gasteiger partial charge < -0.3 is 43.9 Å². The lowest BCUT2D eigenvalue weighted by molar-refractivity contribution is -0.267. The van der Waals surface area contributed by atoms with Crippen molar-refractivity contribution in [1.29, 1.82) is 0 Å². The van der Waals surface area contributed by atoms with E-state index in [-0.39, 0.29) is 66.8 Å². The lowest BCUT2D eigenvalue weighted by Crippen LogP contribution is -2.61. The zero-order valence-corrected chi connectivity index (χ0v) is 40.5. The van der Waals surface area contributed by atoms with Gasteiger partial charge in [0, 0.05) is 58.5 Å². The number of piperidine rings is 1. The molecule has 366 valence electrons. The first-order valence-corrected chi connectivity index (χ1v) is 24.5. The molecule has 4 aliphatic rings. The first kappa shape index (κ1) is 54.0. The third-order valence-electron chi connectivity index (χ3n) is 15.2. The molecule has 15 atom stereocenters. The molecule has 1 amide bonds. The van der Waals surface area contributed by atoms with E-state index < -0.39 is 71.8 Å². The predicted octanol–water partition coefficient (Wildman–Crippen LogP) is 6.46. The molecule has 2 saturated heterocycles. The molecule has 3 aliphatic heterocycles. The van der Waals surface area contributed by atoms with Crippen LogP contribution in [0.25, 0.3) is 0 Å². The molecule has 3 heterocycles. The van der Waals surface area contributed by atoms with Crippen molar-refractivity contribution in [2.75, 3.05) is 27.9 Å². The van der Waals surface area contributed by atoms with Crippen molar-refractivity contribution in [2.45, 2.75) is 212 Å². The monoisotopic (exact) mass is 906 g/mol. The number of esters is 1. The SMILES string of the molecule is CO[C@H]1C[C@@H]2CC[C@@H](C)[C@@](O)(O2)C(=O)C(=O)N2CCCC[C@H]2C(=O)O[C@H]([C@H](C)C[C@H]2CC[C@@H](O)[C@H](OC)C2)CC(=O)[C@H](C)/C=C(/C)[C@@H](O)[C@@H](OC)C(=O)[C@H](C)CCCCCCCC1C. The average molecular weight is 906 g/mol. The van der Waals surface area contributed by atoms with Crippen molar-refractivity contribution in [1.82, 2.24) is 4.90 Å². The number of cyclic esters (lactones) is 1. The van der Waals surface area contributed by atoms with Gasteiger partial charge in [-0.15, -0.1) is 0 Å². The second-order valence-corrected chi connectivity index (χ2v) is 20.1. The van der Waals surface area contributed by atoms with Gasteiger partial charge in [0.2, 0.25) is 5.79 Å². The number of aliphatic hydroxyl groups is 3. The van der Waals surface area contributed by atoms with E-state index in [4.69, 9.17) is 23.7 Å². The Morgan fingerprint density at radius 2 is 1.45 bits per heavy atom. The molecule has 2 bridgehead atoms. The lowest BCUT2D eigenvalue weighted by Gasteiger charge is -2.43. The van der Waals surface area contributed by atoms with Gasteiger partial charge in [-0.3, -0.25) is 19.2 Å². The quantitative estimate of drug-likeness (QED) is 0.149. The van der Waals surface area contributed by atoms with Crippen LogP contribution in [0.5, 0.6) is 0 Å². The summed E-state index contributed by atoms with van der Waals surface area (Å²) in [5, 5.41) is 33.8. The van der Waals surface area contributed by atoms with Crippen LogP contribution in [0, 0.1) is 35.5 Å². The fourth-order valence-corrected chi connectivity index (χ4v) is 10.6. The largest absolute Gasteiger partial charge is 0.460 e. The maximum Gasteiger partial charge on any atom is 0.329 e. The minimum absolute atomic E-state index is 0.108. The molecule has 1 aliphatic carbocycles. The number of allylic oxidation sites excluding steroid dienone is 1. The average Bonchev–Trinajstić information content (AvgIpc) is 3.28. The number of nitrogens with zero attached hydrogens (tertiary/aromatic N) is 1. The number of ether oxygens (including phenoxy) is 5. The van der Waals surface area contributed by atoms with E-state index in [1.807, 2.05) is 13.8 Å². The molecule has 14 heteroatoms. The molecule has 1 saturated carbocycles. The molecule has 4 rings (SSSR count). The highest BCUT2D eigenvalue weighted by Gasteiger charge is 2.53. The minimum Gasteiger partial charge on any atom is -0.460 e. The van der Waals surface area contributed by atoms with Crippen molar-refractivity contribution in [3.63, 3.8) is 0 Å². The van der Waals surface area contributed by atoms with Gasteiger partial charge in [0.05, 0.1) is 24.4 Å². The number of ketones is 3. The van der Waals surface area contributed by atoms with Crippen molar-refractivity contribution >= 4 is 29.2 Å². The Labute approximate surface area is 382 Å². The summed E-state index contributed by atoms with van der Waals surface area (Å²) in [4.78, 5) is 71.7. The molecule has 64 heavy (non-hydrogen) atoms. The van der Waals surface area contributed by atoms with E-state index in [0.29, 0.717) is 63.4 Å². The number of amides is 1. The molecular weight excluding hydrogens is 823 g/mol. The van der Waals surface area contributed by atoms with Gasteiger partial charge in [0.25, 0.3) is 11.7 Å². The van der Waals surface area contributed by atoms with Crippen molar-refractivity contribution in [2.24, 2.45) is 35.5 Å². The fraction of sp³-hybridized carbons (Fsp3) is 0.860. The third-order valence-corrected chi connectivity index (χ3v) is 15.2. The van der Waals surface area contributed by atoms with Crippen LogP contribution in [0.1, 0.15) is 157 Å². The summed E-state index contributed by atoms with van der Waals surface area (Å²) in [7, 11) is 4.63. The number of hydrogen-bond donors (Lipinski definition) is 3. The number of fused-ring (bicyclic) bond motifs is 3. The second-order valence-electron chi connectivity index (χ2n) is 20.1. The molecule has 0 spiro atoms. The molecule has 3 fully saturated rings. The van der Waals surface area contributed by atoms with E-state index in [1.165, 1.54) is 12.0 Å². The van der Waals surface area contributed by atoms with Crippen LogP contribution in [0.2, 0.25) is 0 Å². The van der Waals surface area contributed by atoms with Crippen molar-refractivity contribution in [3.05, 3.63) is 11.6 Å². The summed E-state index contributed by atoms with van der Waals surface area (Å²) < 4.78 is 29.5. The van der Waals surface area contributed by atoms with Crippen LogP contribution in [0.3, 0.4) is 0 Å². The Morgan fingerprint density at radius 3 is 2.12 bits per heavy atom. The van der Waals surface area contributed by atoms with Crippen molar-refractivity contribution < 1.29 is 63.0 Å². The summed E-state index contributed by atoms with van der Waals surface area (Å²) in [5.41, 5.74) is 0.417. The summed E-state index contributed by atoms with van der Waals surface area (Å²) in [6, 6.07) is -1.12. The molecule has 14 nitrogen and oxygen atoms in total. The molecule has 0 aromatic carbocycles. The summed E-state index contributed by atoms with van der Waals surface area (Å²) in [6.07, 6.45) is 8.31. The zero-order valence-electron chi connectivity index (χ0n) is 40.5. The minimum atomic E-state index is -2.38. The van der Waals surface area contributed by atoms with E-state index >= 15 is 0 Å². The summed E-state index contributed by atoms with van der Waals surface area (Å²) in [5.74, 6) is -7.40. The summed E-state index contributed by atoms with van der Waals surface area (Å²) in [6.45, 7) is 11.1. The maximum atomic E-state index is 14.4. The van der Waals surface area contributed by atoms with E-state index in [9.17, 15) is 39.3 Å². The van der Waals surface area contributed by atoms with Crippen LogP contribution in [0.15, 0.2) is 11.6 Å². The molecule has 1 unspecified atom stereocenters. The Morgan fingerprint density at radius 1 is 0.797 bits per heavy atom. The number of carbonyl (C=O) groups excluding carboxylic acids is 5. The Hall–Kier alpha value is -2.59. The zero-order chi connectivity index (χ0) is 47.3. The predicted molar refractivity (Wildman–Crippen MR) is 241 cm³/mol. The number of rotatable bonds is 6. The van der Waals surface area contributed by atoms with Gasteiger partial charge in [0.15, 0.2) is 5.78 Å². The Kier molecular flexibility index (Phi) is 21.5. The van der Waals surface area contributed by atoms with Crippen LogP contribution < -0.4 is 0 Å². The normalized spacial score (nSPS) is 39.6.